The lowest BCUT2D eigenvalue weighted by Crippen LogP contribution is -2.20. The summed E-state index contributed by atoms with van der Waals surface area (Å²) in [6, 6.07) is 5.13. The summed E-state index contributed by atoms with van der Waals surface area (Å²) in [7, 11) is 0. The molecule has 2 aromatic heterocycles. The van der Waals surface area contributed by atoms with Crippen molar-refractivity contribution in [2.24, 2.45) is 0 Å². The summed E-state index contributed by atoms with van der Waals surface area (Å²) >= 11 is 3.35. The molecule has 6 heteroatoms. The third kappa shape index (κ3) is 3.64. The van der Waals surface area contributed by atoms with E-state index in [1.54, 1.807) is 16.8 Å². The molecule has 1 N–H and O–H groups in total. The molecule has 0 aliphatic rings. The maximum Gasteiger partial charge on any atom is 0.250 e. The molecule has 100 valence electrons. The fraction of sp³-hybridized carbons (Fsp3) is 0.308. The molecule has 0 bridgehead atoms. The van der Waals surface area contributed by atoms with Gasteiger partial charge in [-0.3, -0.25) is 4.79 Å². The molecule has 0 aliphatic heterocycles. The summed E-state index contributed by atoms with van der Waals surface area (Å²) in [5.41, 5.74) is 0.808. The normalized spacial score (nSPS) is 10.5. The van der Waals surface area contributed by atoms with Crippen LogP contribution < -0.4 is 10.9 Å². The maximum absolute atomic E-state index is 11.7. The van der Waals surface area contributed by atoms with Crippen molar-refractivity contribution in [2.75, 3.05) is 11.9 Å². The van der Waals surface area contributed by atoms with Gasteiger partial charge in [-0.15, -0.1) is 0 Å². The second-order valence-electron chi connectivity index (χ2n) is 4.15. The number of hydrogen-bond acceptors (Lipinski definition) is 4. The van der Waals surface area contributed by atoms with Gasteiger partial charge >= 0.3 is 0 Å². The standard InChI is InChI=1S/C13H15BrN4O/c1-3-15-11-6-9(2)16-12(17-11)8-18-7-10(14)4-5-13(18)19/h4-7H,3,8H2,1-2H3,(H,15,16,17). The van der Waals surface area contributed by atoms with Crippen molar-refractivity contribution in [2.45, 2.75) is 20.4 Å². The molecule has 0 aromatic carbocycles. The highest BCUT2D eigenvalue weighted by Gasteiger charge is 2.04. The number of nitrogens with one attached hydrogen (secondary N) is 1. The molecular formula is C13H15BrN4O. The van der Waals surface area contributed by atoms with Crippen molar-refractivity contribution < 1.29 is 0 Å². The monoisotopic (exact) mass is 322 g/mol. The summed E-state index contributed by atoms with van der Waals surface area (Å²) in [6.45, 7) is 5.08. The van der Waals surface area contributed by atoms with E-state index in [9.17, 15) is 4.79 Å². The SMILES string of the molecule is CCNc1cc(C)nc(Cn2cc(Br)ccc2=O)n1. The second-order valence-corrected chi connectivity index (χ2v) is 5.07. The lowest BCUT2D eigenvalue weighted by molar-refractivity contribution is 0.709. The fourth-order valence-corrected chi connectivity index (χ4v) is 2.13. The molecule has 19 heavy (non-hydrogen) atoms. The first-order valence-electron chi connectivity index (χ1n) is 6.03. The van der Waals surface area contributed by atoms with E-state index in [1.807, 2.05) is 19.9 Å². The molecule has 0 unspecified atom stereocenters. The van der Waals surface area contributed by atoms with E-state index in [4.69, 9.17) is 0 Å². The van der Waals surface area contributed by atoms with Crippen LogP contribution in [0, 0.1) is 6.92 Å². The molecule has 0 aliphatic carbocycles. The smallest absolute Gasteiger partial charge is 0.250 e. The quantitative estimate of drug-likeness (QED) is 0.937. The van der Waals surface area contributed by atoms with Crippen LogP contribution in [0.1, 0.15) is 18.4 Å². The Labute approximate surface area is 119 Å². The molecule has 0 fully saturated rings. The molecule has 2 heterocycles. The van der Waals surface area contributed by atoms with Crippen molar-refractivity contribution in [1.82, 2.24) is 14.5 Å². The topological polar surface area (TPSA) is 59.8 Å². The lowest BCUT2D eigenvalue weighted by atomic mass is 10.4. The molecule has 0 atom stereocenters. The summed E-state index contributed by atoms with van der Waals surface area (Å²) in [6.07, 6.45) is 1.74. The molecule has 0 radical (unpaired) electrons. The van der Waals surface area contributed by atoms with E-state index < -0.39 is 0 Å². The first kappa shape index (κ1) is 13.7. The first-order chi connectivity index (χ1) is 9.08. The molecule has 5 nitrogen and oxygen atoms in total. The van der Waals surface area contributed by atoms with Crippen molar-refractivity contribution >= 4 is 21.7 Å². The molecule has 2 aromatic rings. The van der Waals surface area contributed by atoms with Crippen molar-refractivity contribution in [3.05, 3.63) is 50.7 Å². The van der Waals surface area contributed by atoms with Gasteiger partial charge in [0.1, 0.15) is 5.82 Å². The Kier molecular flexibility index (Phi) is 4.31. The summed E-state index contributed by atoms with van der Waals surface area (Å²) in [4.78, 5) is 20.5. The third-order valence-electron chi connectivity index (χ3n) is 2.52. The van der Waals surface area contributed by atoms with Crippen LogP contribution in [0.15, 0.2) is 33.7 Å². The molecule has 0 amide bonds. The van der Waals surface area contributed by atoms with E-state index in [0.29, 0.717) is 12.4 Å². The largest absolute Gasteiger partial charge is 0.370 e. The summed E-state index contributed by atoms with van der Waals surface area (Å²) < 4.78 is 2.43. The van der Waals surface area contributed by atoms with E-state index in [-0.39, 0.29) is 5.56 Å². The molecule has 0 saturated carbocycles. The minimum Gasteiger partial charge on any atom is -0.370 e. The van der Waals surface area contributed by atoms with Crippen LogP contribution in [0.2, 0.25) is 0 Å². The van der Waals surface area contributed by atoms with Gasteiger partial charge in [-0.1, -0.05) is 0 Å². The fourth-order valence-electron chi connectivity index (χ4n) is 1.75. The van der Waals surface area contributed by atoms with Crippen LogP contribution in [-0.4, -0.2) is 21.1 Å². The van der Waals surface area contributed by atoms with Crippen LogP contribution in [0.25, 0.3) is 0 Å². The number of aromatic nitrogens is 3. The van der Waals surface area contributed by atoms with Gasteiger partial charge in [-0.25, -0.2) is 9.97 Å². The van der Waals surface area contributed by atoms with Crippen molar-refractivity contribution in [1.29, 1.82) is 0 Å². The van der Waals surface area contributed by atoms with Gasteiger partial charge in [0, 0.05) is 35.0 Å². The van der Waals surface area contributed by atoms with Gasteiger partial charge in [0.15, 0.2) is 5.82 Å². The molecular weight excluding hydrogens is 308 g/mol. The number of halogens is 1. The first-order valence-corrected chi connectivity index (χ1v) is 6.82. The van der Waals surface area contributed by atoms with Gasteiger partial charge in [0.2, 0.25) is 0 Å². The zero-order valence-corrected chi connectivity index (χ0v) is 12.4. The van der Waals surface area contributed by atoms with Crippen molar-refractivity contribution in [3.8, 4) is 0 Å². The predicted molar refractivity (Wildman–Crippen MR) is 78.4 cm³/mol. The molecule has 0 spiro atoms. The third-order valence-corrected chi connectivity index (χ3v) is 2.99. The minimum absolute atomic E-state index is 0.0710. The zero-order valence-electron chi connectivity index (χ0n) is 10.9. The van der Waals surface area contributed by atoms with Gasteiger partial charge in [-0.2, -0.15) is 0 Å². The van der Waals surface area contributed by atoms with E-state index in [2.05, 4.69) is 31.2 Å². The van der Waals surface area contributed by atoms with Crippen LogP contribution >= 0.6 is 15.9 Å². The zero-order chi connectivity index (χ0) is 13.8. The molecule has 2 rings (SSSR count). The number of rotatable bonds is 4. The number of hydrogen-bond donors (Lipinski definition) is 1. The number of anilines is 1. The second kappa shape index (κ2) is 5.97. The Morgan fingerprint density at radius 2 is 2.16 bits per heavy atom. The Balaban J connectivity index is 2.32. The summed E-state index contributed by atoms with van der Waals surface area (Å²) in [5.74, 6) is 1.41. The Bertz CT molecular complexity index is 639. The highest BCUT2D eigenvalue weighted by atomic mass is 79.9. The number of nitrogens with zero attached hydrogens (tertiary/aromatic N) is 3. The number of aryl methyl sites for hydroxylation is 1. The van der Waals surface area contributed by atoms with Gasteiger partial charge in [0.05, 0.1) is 6.54 Å². The lowest BCUT2D eigenvalue weighted by Gasteiger charge is -2.08. The Morgan fingerprint density at radius 3 is 2.89 bits per heavy atom. The Morgan fingerprint density at radius 1 is 1.37 bits per heavy atom. The van der Waals surface area contributed by atoms with Gasteiger partial charge in [-0.05, 0) is 35.8 Å². The molecule has 0 saturated heterocycles. The van der Waals surface area contributed by atoms with E-state index in [0.717, 1.165) is 22.5 Å². The average molecular weight is 323 g/mol. The van der Waals surface area contributed by atoms with Crippen LogP contribution in [0.5, 0.6) is 0 Å². The van der Waals surface area contributed by atoms with Crippen LogP contribution in [-0.2, 0) is 6.54 Å². The highest BCUT2D eigenvalue weighted by molar-refractivity contribution is 9.10. The summed E-state index contributed by atoms with van der Waals surface area (Å²) in [5, 5.41) is 3.15. The van der Waals surface area contributed by atoms with Crippen LogP contribution in [0.4, 0.5) is 5.82 Å². The van der Waals surface area contributed by atoms with E-state index in [1.165, 1.54) is 6.07 Å². The predicted octanol–water partition coefficient (Wildman–Crippen LogP) is 2.19. The van der Waals surface area contributed by atoms with Crippen LogP contribution in [0.3, 0.4) is 0 Å². The minimum atomic E-state index is -0.0710. The Hall–Kier alpha value is -1.69. The number of pyridine rings is 1. The van der Waals surface area contributed by atoms with Crippen molar-refractivity contribution in [3.63, 3.8) is 0 Å². The van der Waals surface area contributed by atoms with Gasteiger partial charge in [0.25, 0.3) is 5.56 Å². The highest BCUT2D eigenvalue weighted by Crippen LogP contribution is 2.09. The maximum atomic E-state index is 11.7. The van der Waals surface area contributed by atoms with Gasteiger partial charge < -0.3 is 9.88 Å². The van der Waals surface area contributed by atoms with E-state index >= 15 is 0 Å². The average Bonchev–Trinajstić information content (AvgIpc) is 2.33.